The molecular weight excluding hydrogens is 235 g/mol. The maximum atomic E-state index is 13.1. The first kappa shape index (κ1) is 12.8. The summed E-state index contributed by atoms with van der Waals surface area (Å²) < 4.78 is 18.5. The number of nitrogens with zero attached hydrogens (tertiary/aromatic N) is 2. The largest absolute Gasteiger partial charge is 0.394 e. The molecule has 1 fully saturated rings. The second-order valence-electron chi connectivity index (χ2n) is 4.41. The van der Waals surface area contributed by atoms with Crippen LogP contribution in [0, 0.1) is 17.1 Å². The van der Waals surface area contributed by atoms with E-state index in [1.54, 1.807) is 6.07 Å². The summed E-state index contributed by atoms with van der Waals surface area (Å²) in [7, 11) is 0. The van der Waals surface area contributed by atoms with Crippen molar-refractivity contribution in [1.29, 1.82) is 5.26 Å². The molecule has 0 bridgehead atoms. The third-order valence-corrected chi connectivity index (χ3v) is 3.10. The fraction of sp³-hybridized carbons (Fsp3) is 0.462. The molecule has 96 valence electrons. The van der Waals surface area contributed by atoms with Gasteiger partial charge in [-0.15, -0.1) is 0 Å². The van der Waals surface area contributed by atoms with Crippen LogP contribution in [0.15, 0.2) is 18.2 Å². The Balaban J connectivity index is 2.32. The number of halogens is 1. The van der Waals surface area contributed by atoms with Gasteiger partial charge in [-0.25, -0.2) is 4.39 Å². The summed E-state index contributed by atoms with van der Waals surface area (Å²) in [4.78, 5) is 1.97. The Kier molecular flexibility index (Phi) is 3.80. The Bertz CT molecular complexity index is 473. The van der Waals surface area contributed by atoms with Crippen molar-refractivity contribution in [3.05, 3.63) is 29.6 Å². The van der Waals surface area contributed by atoms with Crippen LogP contribution in [0.1, 0.15) is 12.5 Å². The maximum absolute atomic E-state index is 13.1. The number of hydrogen-bond acceptors (Lipinski definition) is 4. The van der Waals surface area contributed by atoms with Crippen LogP contribution in [0.2, 0.25) is 0 Å². The normalized spacial score (nSPS) is 23.8. The number of aliphatic hydroxyl groups excluding tert-OH is 1. The molecule has 0 aliphatic carbocycles. The first-order valence-corrected chi connectivity index (χ1v) is 5.84. The average molecular weight is 250 g/mol. The van der Waals surface area contributed by atoms with Crippen LogP contribution in [0.25, 0.3) is 0 Å². The number of benzene rings is 1. The molecule has 2 rings (SSSR count). The molecular formula is C13H15FN2O2. The van der Waals surface area contributed by atoms with Crippen molar-refractivity contribution < 1.29 is 14.2 Å². The topological polar surface area (TPSA) is 56.5 Å². The molecule has 1 aliphatic heterocycles. The van der Waals surface area contributed by atoms with E-state index in [1.807, 2.05) is 17.9 Å². The zero-order valence-corrected chi connectivity index (χ0v) is 10.1. The van der Waals surface area contributed by atoms with Crippen LogP contribution in [0.4, 0.5) is 10.1 Å². The van der Waals surface area contributed by atoms with E-state index in [2.05, 4.69) is 0 Å². The van der Waals surface area contributed by atoms with Gasteiger partial charge in [0.25, 0.3) is 0 Å². The smallest absolute Gasteiger partial charge is 0.124 e. The van der Waals surface area contributed by atoms with Gasteiger partial charge < -0.3 is 14.7 Å². The summed E-state index contributed by atoms with van der Waals surface area (Å²) in [5, 5.41) is 18.2. The van der Waals surface area contributed by atoms with E-state index in [1.165, 1.54) is 12.1 Å². The quantitative estimate of drug-likeness (QED) is 0.859. The van der Waals surface area contributed by atoms with Crippen LogP contribution < -0.4 is 4.90 Å². The summed E-state index contributed by atoms with van der Waals surface area (Å²) in [6, 6.07) is 6.26. The van der Waals surface area contributed by atoms with Gasteiger partial charge in [0.1, 0.15) is 11.9 Å². The number of aliphatic hydroxyl groups is 1. The van der Waals surface area contributed by atoms with Gasteiger partial charge in [0.05, 0.1) is 30.6 Å². The van der Waals surface area contributed by atoms with E-state index < -0.39 is 5.82 Å². The third-order valence-electron chi connectivity index (χ3n) is 3.10. The minimum atomic E-state index is -0.421. The predicted octanol–water partition coefficient (Wildman–Crippen LogP) is 1.28. The van der Waals surface area contributed by atoms with Crippen LogP contribution in [0.5, 0.6) is 0 Å². The van der Waals surface area contributed by atoms with Gasteiger partial charge in [-0.3, -0.25) is 0 Å². The molecule has 0 saturated carbocycles. The van der Waals surface area contributed by atoms with Crippen molar-refractivity contribution >= 4 is 5.69 Å². The summed E-state index contributed by atoms with van der Waals surface area (Å²) in [5.41, 5.74) is 0.994. The molecule has 1 aromatic carbocycles. The Morgan fingerprint density at radius 2 is 2.39 bits per heavy atom. The highest BCUT2D eigenvalue weighted by atomic mass is 19.1. The zero-order chi connectivity index (χ0) is 13.1. The van der Waals surface area contributed by atoms with Crippen LogP contribution in [-0.2, 0) is 4.74 Å². The third kappa shape index (κ3) is 2.45. The number of rotatable bonds is 2. The predicted molar refractivity (Wildman–Crippen MR) is 64.7 cm³/mol. The van der Waals surface area contributed by atoms with Crippen molar-refractivity contribution in [3.8, 4) is 6.07 Å². The van der Waals surface area contributed by atoms with Crippen molar-refractivity contribution in [2.24, 2.45) is 0 Å². The molecule has 1 saturated heterocycles. The van der Waals surface area contributed by atoms with Crippen molar-refractivity contribution in [3.63, 3.8) is 0 Å². The van der Waals surface area contributed by atoms with E-state index >= 15 is 0 Å². The fourth-order valence-corrected chi connectivity index (χ4v) is 2.11. The molecule has 5 heteroatoms. The highest BCUT2D eigenvalue weighted by molar-refractivity contribution is 5.60. The fourth-order valence-electron chi connectivity index (χ4n) is 2.11. The van der Waals surface area contributed by atoms with E-state index in [0.29, 0.717) is 24.4 Å². The second-order valence-corrected chi connectivity index (χ2v) is 4.41. The van der Waals surface area contributed by atoms with Gasteiger partial charge in [0, 0.05) is 12.6 Å². The molecule has 1 heterocycles. The monoisotopic (exact) mass is 250 g/mol. The Labute approximate surface area is 105 Å². The van der Waals surface area contributed by atoms with Crippen LogP contribution in [0.3, 0.4) is 0 Å². The van der Waals surface area contributed by atoms with Gasteiger partial charge in [-0.2, -0.15) is 5.26 Å². The lowest BCUT2D eigenvalue weighted by Crippen LogP contribution is -2.49. The molecule has 1 N–H and O–H groups in total. The molecule has 0 aromatic heterocycles. The SMILES string of the molecule is CC1COC(CO)CN1c1ccc(F)cc1C#N. The van der Waals surface area contributed by atoms with Gasteiger partial charge in [0.2, 0.25) is 0 Å². The van der Waals surface area contributed by atoms with Gasteiger partial charge in [-0.1, -0.05) is 0 Å². The van der Waals surface area contributed by atoms with E-state index in [-0.39, 0.29) is 18.8 Å². The number of nitriles is 1. The summed E-state index contributed by atoms with van der Waals surface area (Å²) in [6.07, 6.45) is -0.266. The molecule has 18 heavy (non-hydrogen) atoms. The standard InChI is InChI=1S/C13H15FN2O2/c1-9-8-18-12(7-17)6-16(9)13-3-2-11(14)4-10(13)5-15/h2-4,9,12,17H,6-8H2,1H3. The summed E-state index contributed by atoms with van der Waals surface area (Å²) in [5.74, 6) is -0.421. The number of morpholine rings is 1. The summed E-state index contributed by atoms with van der Waals surface area (Å²) >= 11 is 0. The lowest BCUT2D eigenvalue weighted by atomic mass is 10.1. The molecule has 1 aliphatic rings. The molecule has 1 aromatic rings. The lowest BCUT2D eigenvalue weighted by Gasteiger charge is -2.39. The molecule has 2 unspecified atom stereocenters. The van der Waals surface area contributed by atoms with E-state index in [0.717, 1.165) is 0 Å². The average Bonchev–Trinajstić information content (AvgIpc) is 2.39. The molecule has 4 nitrogen and oxygen atoms in total. The second kappa shape index (κ2) is 5.34. The van der Waals surface area contributed by atoms with Crippen molar-refractivity contribution in [1.82, 2.24) is 0 Å². The minimum Gasteiger partial charge on any atom is -0.394 e. The van der Waals surface area contributed by atoms with E-state index in [9.17, 15) is 4.39 Å². The first-order chi connectivity index (χ1) is 8.65. The number of ether oxygens (including phenoxy) is 1. The van der Waals surface area contributed by atoms with E-state index in [4.69, 9.17) is 15.1 Å². The molecule has 0 amide bonds. The summed E-state index contributed by atoms with van der Waals surface area (Å²) in [6.45, 7) is 2.88. The number of anilines is 1. The zero-order valence-electron chi connectivity index (χ0n) is 10.1. The maximum Gasteiger partial charge on any atom is 0.124 e. The Morgan fingerprint density at radius 3 is 3.06 bits per heavy atom. The Hall–Kier alpha value is -1.64. The molecule has 0 radical (unpaired) electrons. The van der Waals surface area contributed by atoms with Gasteiger partial charge in [-0.05, 0) is 25.1 Å². The molecule has 2 atom stereocenters. The minimum absolute atomic E-state index is 0.0632. The van der Waals surface area contributed by atoms with Crippen molar-refractivity contribution in [2.75, 3.05) is 24.7 Å². The highest BCUT2D eigenvalue weighted by Gasteiger charge is 2.27. The first-order valence-electron chi connectivity index (χ1n) is 5.84. The van der Waals surface area contributed by atoms with Gasteiger partial charge in [0.15, 0.2) is 0 Å². The van der Waals surface area contributed by atoms with Gasteiger partial charge >= 0.3 is 0 Å². The van der Waals surface area contributed by atoms with Crippen molar-refractivity contribution in [2.45, 2.75) is 19.1 Å². The Morgan fingerprint density at radius 1 is 1.61 bits per heavy atom. The lowest BCUT2D eigenvalue weighted by molar-refractivity contribution is -0.0103. The number of hydrogen-bond donors (Lipinski definition) is 1. The van der Waals surface area contributed by atoms with Crippen LogP contribution >= 0.6 is 0 Å². The molecule has 0 spiro atoms. The van der Waals surface area contributed by atoms with Crippen LogP contribution in [-0.4, -0.2) is 37.0 Å². The highest BCUT2D eigenvalue weighted by Crippen LogP contribution is 2.26.